The Morgan fingerprint density at radius 3 is 2.32 bits per heavy atom. The molecule has 5 heteroatoms. The van der Waals surface area contributed by atoms with E-state index < -0.39 is 0 Å². The molecule has 158 valence electrons. The Labute approximate surface area is 182 Å². The van der Waals surface area contributed by atoms with Gasteiger partial charge in [0.05, 0.1) is 0 Å². The molecule has 1 aliphatic rings. The number of nitrogens with one attached hydrogen (secondary N) is 2. The van der Waals surface area contributed by atoms with E-state index >= 15 is 0 Å². The first-order valence-electron chi connectivity index (χ1n) is 10.6. The zero-order valence-electron chi connectivity index (χ0n) is 17.3. The number of hydrogen-bond donors (Lipinski definition) is 2. The highest BCUT2D eigenvalue weighted by Crippen LogP contribution is 2.23. The molecule has 0 unspecified atom stereocenters. The Morgan fingerprint density at radius 1 is 0.871 bits per heavy atom. The molecule has 2 amide bonds. The van der Waals surface area contributed by atoms with Crippen molar-refractivity contribution in [3.63, 3.8) is 0 Å². The van der Waals surface area contributed by atoms with Gasteiger partial charge in [-0.25, -0.2) is 0 Å². The molecule has 0 atom stereocenters. The number of benzene rings is 3. The molecule has 1 fully saturated rings. The van der Waals surface area contributed by atoms with Crippen molar-refractivity contribution < 1.29 is 14.3 Å². The minimum atomic E-state index is -0.0823. The average Bonchev–Trinajstić information content (AvgIpc) is 3.63. The lowest BCUT2D eigenvalue weighted by Crippen LogP contribution is -2.30. The monoisotopic (exact) mass is 414 g/mol. The molecule has 1 aliphatic carbocycles. The Bertz CT molecular complexity index is 1030. The van der Waals surface area contributed by atoms with Gasteiger partial charge in [0.1, 0.15) is 5.75 Å². The Balaban J connectivity index is 1.27. The van der Waals surface area contributed by atoms with E-state index in [1.54, 1.807) is 0 Å². The van der Waals surface area contributed by atoms with Crippen LogP contribution in [0.1, 0.15) is 28.8 Å². The van der Waals surface area contributed by atoms with E-state index in [0.717, 1.165) is 29.5 Å². The van der Waals surface area contributed by atoms with Crippen LogP contribution in [0.25, 0.3) is 11.1 Å². The zero-order valence-corrected chi connectivity index (χ0v) is 17.3. The molecular weight excluding hydrogens is 388 g/mol. The fraction of sp³-hybridized carbons (Fsp3) is 0.231. The summed E-state index contributed by atoms with van der Waals surface area (Å²) in [4.78, 5) is 24.4. The van der Waals surface area contributed by atoms with E-state index in [0.29, 0.717) is 30.3 Å². The highest BCUT2D eigenvalue weighted by atomic mass is 16.5. The molecule has 4 rings (SSSR count). The van der Waals surface area contributed by atoms with Gasteiger partial charge in [0.2, 0.25) is 0 Å². The molecule has 0 saturated heterocycles. The van der Waals surface area contributed by atoms with Crippen molar-refractivity contribution in [2.75, 3.05) is 13.2 Å². The van der Waals surface area contributed by atoms with Gasteiger partial charge in [-0.1, -0.05) is 60.7 Å². The van der Waals surface area contributed by atoms with Gasteiger partial charge in [0.25, 0.3) is 11.8 Å². The van der Waals surface area contributed by atoms with E-state index in [2.05, 4.69) is 10.6 Å². The summed E-state index contributed by atoms with van der Waals surface area (Å²) in [5, 5.41) is 5.91. The number of ether oxygens (including phenoxy) is 1. The van der Waals surface area contributed by atoms with Gasteiger partial charge in [-0.2, -0.15) is 0 Å². The summed E-state index contributed by atoms with van der Waals surface area (Å²) in [6, 6.07) is 25.5. The molecule has 0 aromatic heterocycles. The maximum atomic E-state index is 12.7. The first kappa shape index (κ1) is 20.7. The predicted molar refractivity (Wildman–Crippen MR) is 121 cm³/mol. The van der Waals surface area contributed by atoms with Gasteiger partial charge in [-0.15, -0.1) is 0 Å². The molecule has 0 aliphatic heterocycles. The Morgan fingerprint density at radius 2 is 1.58 bits per heavy atom. The van der Waals surface area contributed by atoms with Crippen molar-refractivity contribution in [1.82, 2.24) is 10.6 Å². The van der Waals surface area contributed by atoms with Crippen molar-refractivity contribution in [2.45, 2.75) is 25.3 Å². The molecule has 2 N–H and O–H groups in total. The van der Waals surface area contributed by atoms with Crippen molar-refractivity contribution in [1.29, 1.82) is 0 Å². The SMILES string of the molecule is O=C(COc1ccc(CCNC(=O)c2ccccc2-c2ccccc2)cc1)NC1CC1. The van der Waals surface area contributed by atoms with Crippen LogP contribution in [0.4, 0.5) is 0 Å². The van der Waals surface area contributed by atoms with Crippen molar-refractivity contribution in [3.8, 4) is 16.9 Å². The second kappa shape index (κ2) is 9.94. The van der Waals surface area contributed by atoms with E-state index in [1.807, 2.05) is 78.9 Å². The molecule has 3 aromatic carbocycles. The van der Waals surface area contributed by atoms with Crippen LogP contribution in [0.15, 0.2) is 78.9 Å². The fourth-order valence-corrected chi connectivity index (χ4v) is 3.36. The van der Waals surface area contributed by atoms with Crippen LogP contribution in [0.3, 0.4) is 0 Å². The van der Waals surface area contributed by atoms with E-state index in [-0.39, 0.29) is 18.4 Å². The second-order valence-corrected chi connectivity index (χ2v) is 7.69. The van der Waals surface area contributed by atoms with Crippen LogP contribution in [-0.2, 0) is 11.2 Å². The normalized spacial score (nSPS) is 12.8. The van der Waals surface area contributed by atoms with Crippen molar-refractivity contribution >= 4 is 11.8 Å². The fourth-order valence-electron chi connectivity index (χ4n) is 3.36. The molecule has 0 radical (unpaired) electrons. The topological polar surface area (TPSA) is 67.4 Å². The summed E-state index contributed by atoms with van der Waals surface area (Å²) in [5.74, 6) is 0.502. The zero-order chi connectivity index (χ0) is 21.5. The van der Waals surface area contributed by atoms with Crippen LogP contribution in [-0.4, -0.2) is 31.0 Å². The highest BCUT2D eigenvalue weighted by molar-refractivity contribution is 6.00. The van der Waals surface area contributed by atoms with Gasteiger partial charge in [-0.3, -0.25) is 9.59 Å². The summed E-state index contributed by atoms with van der Waals surface area (Å²) in [5.41, 5.74) is 3.70. The van der Waals surface area contributed by atoms with Crippen LogP contribution in [0.2, 0.25) is 0 Å². The standard InChI is InChI=1S/C26H26N2O3/c29-25(28-21-12-13-21)18-31-22-14-10-19(11-15-22)16-17-27-26(30)24-9-5-4-8-23(24)20-6-2-1-3-7-20/h1-11,14-15,21H,12-13,16-18H2,(H,27,30)(H,28,29). The van der Waals surface area contributed by atoms with Crippen molar-refractivity contribution in [2.24, 2.45) is 0 Å². The van der Waals surface area contributed by atoms with Crippen LogP contribution >= 0.6 is 0 Å². The van der Waals surface area contributed by atoms with E-state index in [1.165, 1.54) is 0 Å². The van der Waals surface area contributed by atoms with Gasteiger partial charge < -0.3 is 15.4 Å². The first-order chi connectivity index (χ1) is 15.2. The number of carbonyl (C=O) groups excluding carboxylic acids is 2. The molecule has 0 spiro atoms. The van der Waals surface area contributed by atoms with Gasteiger partial charge in [-0.05, 0) is 54.2 Å². The molecule has 0 heterocycles. The van der Waals surface area contributed by atoms with Gasteiger partial charge in [0.15, 0.2) is 6.61 Å². The molecular formula is C26H26N2O3. The second-order valence-electron chi connectivity index (χ2n) is 7.69. The summed E-state index contributed by atoms with van der Waals surface area (Å²) in [6.45, 7) is 0.568. The minimum absolute atomic E-state index is 0.0345. The Kier molecular flexibility index (Phi) is 6.62. The highest BCUT2D eigenvalue weighted by Gasteiger charge is 2.23. The molecule has 0 bridgehead atoms. The van der Waals surface area contributed by atoms with E-state index in [9.17, 15) is 9.59 Å². The van der Waals surface area contributed by atoms with Gasteiger partial charge in [0, 0.05) is 18.2 Å². The third kappa shape index (κ3) is 5.95. The maximum absolute atomic E-state index is 12.7. The van der Waals surface area contributed by atoms with Gasteiger partial charge >= 0.3 is 0 Å². The van der Waals surface area contributed by atoms with Crippen LogP contribution in [0.5, 0.6) is 5.75 Å². The Hall–Kier alpha value is -3.60. The van der Waals surface area contributed by atoms with Crippen LogP contribution < -0.4 is 15.4 Å². The summed E-state index contributed by atoms with van der Waals surface area (Å²) >= 11 is 0. The minimum Gasteiger partial charge on any atom is -0.484 e. The third-order valence-corrected chi connectivity index (χ3v) is 5.19. The average molecular weight is 415 g/mol. The quantitative estimate of drug-likeness (QED) is 0.557. The lowest BCUT2D eigenvalue weighted by atomic mass is 9.99. The lowest BCUT2D eigenvalue weighted by molar-refractivity contribution is -0.123. The third-order valence-electron chi connectivity index (χ3n) is 5.19. The predicted octanol–water partition coefficient (Wildman–Crippen LogP) is 3.98. The number of hydrogen-bond acceptors (Lipinski definition) is 3. The molecule has 31 heavy (non-hydrogen) atoms. The van der Waals surface area contributed by atoms with Crippen molar-refractivity contribution in [3.05, 3.63) is 90.0 Å². The lowest BCUT2D eigenvalue weighted by Gasteiger charge is -2.11. The van der Waals surface area contributed by atoms with E-state index in [4.69, 9.17) is 4.74 Å². The molecule has 5 nitrogen and oxygen atoms in total. The molecule has 3 aromatic rings. The summed E-state index contributed by atoms with van der Waals surface area (Å²) in [6.07, 6.45) is 2.84. The number of amides is 2. The first-order valence-corrected chi connectivity index (χ1v) is 10.6. The number of carbonyl (C=O) groups is 2. The summed E-state index contributed by atoms with van der Waals surface area (Å²) in [7, 11) is 0. The molecule has 1 saturated carbocycles. The largest absolute Gasteiger partial charge is 0.484 e. The summed E-state index contributed by atoms with van der Waals surface area (Å²) < 4.78 is 5.53. The van der Waals surface area contributed by atoms with Crippen LogP contribution in [0, 0.1) is 0 Å². The smallest absolute Gasteiger partial charge is 0.258 e. The maximum Gasteiger partial charge on any atom is 0.258 e. The number of rotatable bonds is 9.